The molecular weight excluding hydrogens is 370 g/mol. The van der Waals surface area contributed by atoms with E-state index in [1.807, 2.05) is 13.8 Å². The van der Waals surface area contributed by atoms with Gasteiger partial charge in [-0.05, 0) is 17.6 Å². The van der Waals surface area contributed by atoms with Gasteiger partial charge in [-0.25, -0.2) is 0 Å². The predicted octanol–water partition coefficient (Wildman–Crippen LogP) is 2.60. The molecule has 0 radical (unpaired) electrons. The molecule has 0 unspecified atom stereocenters. The summed E-state index contributed by atoms with van der Waals surface area (Å²) in [5.41, 5.74) is 4.88. The van der Waals surface area contributed by atoms with Crippen molar-refractivity contribution in [1.82, 2.24) is 8.94 Å². The maximum Gasteiger partial charge on any atom is 0.270 e. The van der Waals surface area contributed by atoms with Crippen LogP contribution in [0.1, 0.15) is 24.2 Å². The number of hydrogen-bond acceptors (Lipinski definition) is 7. The fraction of sp³-hybridized carbons (Fsp3) is 0.235. The van der Waals surface area contributed by atoms with E-state index in [1.165, 1.54) is 24.4 Å². The van der Waals surface area contributed by atoms with Crippen LogP contribution in [-0.2, 0) is 6.54 Å². The Morgan fingerprint density at radius 3 is 2.78 bits per heavy atom. The van der Waals surface area contributed by atoms with Crippen LogP contribution in [0.5, 0.6) is 0 Å². The Morgan fingerprint density at radius 2 is 2.11 bits per heavy atom. The van der Waals surface area contributed by atoms with Crippen LogP contribution in [0.3, 0.4) is 0 Å². The van der Waals surface area contributed by atoms with Gasteiger partial charge >= 0.3 is 0 Å². The fourth-order valence-corrected chi connectivity index (χ4v) is 3.01. The number of benzene rings is 1. The van der Waals surface area contributed by atoms with Crippen LogP contribution in [0.15, 0.2) is 41.5 Å². The van der Waals surface area contributed by atoms with Crippen molar-refractivity contribution in [2.45, 2.75) is 20.4 Å². The number of amides is 1. The molecule has 142 valence electrons. The van der Waals surface area contributed by atoms with E-state index in [2.05, 4.69) is 9.69 Å². The Bertz CT molecular complexity index is 1030. The van der Waals surface area contributed by atoms with Gasteiger partial charge in [0.2, 0.25) is 0 Å². The number of carbonyl (C=O) groups is 1. The lowest BCUT2D eigenvalue weighted by atomic mass is 10.2. The van der Waals surface area contributed by atoms with Gasteiger partial charge in [0, 0.05) is 49.1 Å². The summed E-state index contributed by atoms with van der Waals surface area (Å²) in [5, 5.41) is 13.9. The number of rotatable bonds is 5. The van der Waals surface area contributed by atoms with Gasteiger partial charge in [-0.3, -0.25) is 19.7 Å². The number of nitrogens with zero attached hydrogens (tertiary/aromatic N) is 3. The Hall–Kier alpha value is -3.11. The van der Waals surface area contributed by atoms with E-state index in [0.717, 1.165) is 11.5 Å². The standard InChI is InChI=1S/C15H13N5O4S.C2H6/c16-4-6-19-5-3-12(21)11(8-19)15(22)17-14-10-7-9(20(23)24)1-2-13(10)25-18-14;1-2/h1-3,5,7-8H,4,6,16H2,(H,17,18,22);1-2H3. The van der Waals surface area contributed by atoms with Gasteiger partial charge < -0.3 is 15.6 Å². The molecule has 2 aromatic heterocycles. The summed E-state index contributed by atoms with van der Waals surface area (Å²) in [4.78, 5) is 34.8. The van der Waals surface area contributed by atoms with Gasteiger partial charge in [-0.15, -0.1) is 0 Å². The van der Waals surface area contributed by atoms with Crippen molar-refractivity contribution in [3.63, 3.8) is 0 Å². The average Bonchev–Trinajstić information content (AvgIpc) is 3.07. The Kier molecular flexibility index (Phi) is 6.74. The van der Waals surface area contributed by atoms with Gasteiger partial charge in [0.05, 0.1) is 9.62 Å². The van der Waals surface area contributed by atoms with Crippen molar-refractivity contribution in [2.75, 3.05) is 11.9 Å². The molecule has 3 N–H and O–H groups in total. The lowest BCUT2D eigenvalue weighted by Gasteiger charge is -2.07. The second kappa shape index (κ2) is 9.01. The summed E-state index contributed by atoms with van der Waals surface area (Å²) in [5.74, 6) is -0.447. The number of fused-ring (bicyclic) bond motifs is 1. The van der Waals surface area contributed by atoms with Crippen molar-refractivity contribution in [1.29, 1.82) is 0 Å². The first-order chi connectivity index (χ1) is 13.0. The van der Waals surface area contributed by atoms with Gasteiger partial charge in [0.1, 0.15) is 5.56 Å². The van der Waals surface area contributed by atoms with Gasteiger partial charge in [-0.1, -0.05) is 13.8 Å². The maximum absolute atomic E-state index is 12.4. The van der Waals surface area contributed by atoms with E-state index in [9.17, 15) is 19.7 Å². The molecule has 3 rings (SSSR count). The largest absolute Gasteiger partial charge is 0.352 e. The quantitative estimate of drug-likeness (QED) is 0.509. The number of carbonyl (C=O) groups excluding carboxylic acids is 1. The van der Waals surface area contributed by atoms with Gasteiger partial charge in [0.15, 0.2) is 11.2 Å². The van der Waals surface area contributed by atoms with Gasteiger partial charge in [0.25, 0.3) is 11.6 Å². The van der Waals surface area contributed by atoms with E-state index < -0.39 is 16.3 Å². The normalized spacial score (nSPS) is 10.2. The monoisotopic (exact) mass is 389 g/mol. The van der Waals surface area contributed by atoms with Crippen molar-refractivity contribution in [3.8, 4) is 0 Å². The molecular formula is C17H19N5O4S. The highest BCUT2D eigenvalue weighted by Gasteiger charge is 2.16. The highest BCUT2D eigenvalue weighted by Crippen LogP contribution is 2.30. The van der Waals surface area contributed by atoms with Crippen LogP contribution in [0.25, 0.3) is 10.1 Å². The minimum absolute atomic E-state index is 0.0532. The van der Waals surface area contributed by atoms with E-state index in [0.29, 0.717) is 23.2 Å². The smallest absolute Gasteiger partial charge is 0.270 e. The van der Waals surface area contributed by atoms with Crippen molar-refractivity contribution in [2.24, 2.45) is 5.73 Å². The molecule has 0 aliphatic rings. The second-order valence-corrected chi connectivity index (χ2v) is 5.98. The number of non-ortho nitro benzene ring substituents is 1. The molecule has 0 aliphatic carbocycles. The summed E-state index contributed by atoms with van der Waals surface area (Å²) in [7, 11) is 0. The van der Waals surface area contributed by atoms with Crippen LogP contribution < -0.4 is 16.5 Å². The molecule has 10 heteroatoms. The summed E-state index contributed by atoms with van der Waals surface area (Å²) >= 11 is 1.10. The van der Waals surface area contributed by atoms with Crippen LogP contribution in [0.4, 0.5) is 11.5 Å². The molecule has 0 atom stereocenters. The lowest BCUT2D eigenvalue weighted by Crippen LogP contribution is -2.23. The number of hydrogen-bond donors (Lipinski definition) is 2. The van der Waals surface area contributed by atoms with E-state index in [4.69, 9.17) is 5.73 Å². The first-order valence-corrected chi connectivity index (χ1v) is 9.02. The number of nitrogens with one attached hydrogen (secondary N) is 1. The number of aromatic nitrogens is 2. The van der Waals surface area contributed by atoms with Crippen LogP contribution in [0.2, 0.25) is 0 Å². The number of nitro benzene ring substituents is 1. The molecule has 0 saturated carbocycles. The summed E-state index contributed by atoms with van der Waals surface area (Å²) in [6.07, 6.45) is 2.97. The van der Waals surface area contributed by atoms with E-state index >= 15 is 0 Å². The highest BCUT2D eigenvalue weighted by atomic mass is 32.1. The van der Waals surface area contributed by atoms with Gasteiger partial charge in [-0.2, -0.15) is 4.37 Å². The third-order valence-electron chi connectivity index (χ3n) is 3.51. The molecule has 0 bridgehead atoms. The average molecular weight is 389 g/mol. The summed E-state index contributed by atoms with van der Waals surface area (Å²) in [6.45, 7) is 4.83. The SMILES string of the molecule is CC.NCCn1ccc(=O)c(C(=O)Nc2nsc3ccc([N+](=O)[O-])cc23)c1. The molecule has 1 amide bonds. The number of pyridine rings is 1. The molecule has 0 aliphatic heterocycles. The molecule has 2 heterocycles. The third kappa shape index (κ3) is 4.54. The number of nitrogens with two attached hydrogens (primary N) is 1. The second-order valence-electron chi connectivity index (χ2n) is 5.17. The lowest BCUT2D eigenvalue weighted by molar-refractivity contribution is -0.384. The van der Waals surface area contributed by atoms with Crippen LogP contribution in [-0.4, -0.2) is 26.3 Å². The molecule has 3 aromatic rings. The minimum Gasteiger partial charge on any atom is -0.352 e. The molecule has 0 spiro atoms. The van der Waals surface area contributed by atoms with Crippen molar-refractivity contribution >= 4 is 39.0 Å². The van der Waals surface area contributed by atoms with Crippen LogP contribution >= 0.6 is 11.5 Å². The van der Waals surface area contributed by atoms with Crippen molar-refractivity contribution < 1.29 is 9.72 Å². The third-order valence-corrected chi connectivity index (χ3v) is 4.33. The predicted molar refractivity (Wildman–Crippen MR) is 105 cm³/mol. The van der Waals surface area contributed by atoms with E-state index in [1.54, 1.807) is 16.8 Å². The zero-order valence-electron chi connectivity index (χ0n) is 14.8. The number of nitro groups is 1. The Morgan fingerprint density at radius 1 is 1.37 bits per heavy atom. The van der Waals surface area contributed by atoms with Crippen LogP contribution in [0, 0.1) is 10.1 Å². The fourth-order valence-electron chi connectivity index (χ4n) is 2.29. The zero-order chi connectivity index (χ0) is 20.0. The molecule has 27 heavy (non-hydrogen) atoms. The maximum atomic E-state index is 12.4. The highest BCUT2D eigenvalue weighted by molar-refractivity contribution is 7.13. The Balaban J connectivity index is 0.00000126. The molecule has 1 aromatic carbocycles. The first-order valence-electron chi connectivity index (χ1n) is 8.25. The Labute approximate surface area is 158 Å². The molecule has 9 nitrogen and oxygen atoms in total. The zero-order valence-corrected chi connectivity index (χ0v) is 15.7. The molecule has 0 saturated heterocycles. The minimum atomic E-state index is -0.630. The number of anilines is 1. The summed E-state index contributed by atoms with van der Waals surface area (Å²) in [6, 6.07) is 5.56. The topological polar surface area (TPSA) is 133 Å². The first kappa shape index (κ1) is 20.2. The summed E-state index contributed by atoms with van der Waals surface area (Å²) < 4.78 is 6.44. The van der Waals surface area contributed by atoms with Crippen molar-refractivity contribution in [3.05, 3.63) is 62.6 Å². The van der Waals surface area contributed by atoms with E-state index in [-0.39, 0.29) is 17.1 Å². The molecule has 0 fully saturated rings.